The molecule has 0 bridgehead atoms. The number of nitrogens with zero attached hydrogens (tertiary/aromatic N) is 5. The highest BCUT2D eigenvalue weighted by Gasteiger charge is 2.14. The lowest BCUT2D eigenvalue weighted by Crippen LogP contribution is -2.23. The number of aromatic nitrogens is 3. The molecule has 0 unspecified atom stereocenters. The van der Waals surface area contributed by atoms with Crippen molar-refractivity contribution in [3.8, 4) is 0 Å². The Morgan fingerprint density at radius 2 is 2.23 bits per heavy atom. The topological polar surface area (TPSA) is 69.1 Å². The fraction of sp³-hybridized carbons (Fsp3) is 0.286. The predicted octanol–water partition coefficient (Wildman–Crippen LogP) is 2.60. The Morgan fingerprint density at radius 3 is 2.91 bits per heavy atom. The molecule has 0 aliphatic carbocycles. The molecule has 0 saturated carbocycles. The van der Waals surface area contributed by atoms with Gasteiger partial charge in [0.15, 0.2) is 4.77 Å². The highest BCUT2D eigenvalue weighted by molar-refractivity contribution is 7.71. The number of allylic oxidation sites excluding steroid dienone is 1. The first-order chi connectivity index (χ1) is 10.5. The van der Waals surface area contributed by atoms with Gasteiger partial charge in [-0.2, -0.15) is 5.10 Å². The van der Waals surface area contributed by atoms with Crippen molar-refractivity contribution < 1.29 is 4.92 Å². The average molecular weight is 319 g/mol. The van der Waals surface area contributed by atoms with Gasteiger partial charge in [0.05, 0.1) is 11.6 Å². The van der Waals surface area contributed by atoms with Gasteiger partial charge in [-0.05, 0) is 19.3 Å². The number of para-hydroxylation sites is 1. The summed E-state index contributed by atoms with van der Waals surface area (Å²) < 4.78 is 4.07. The minimum absolute atomic E-state index is 0.120. The summed E-state index contributed by atoms with van der Waals surface area (Å²) in [6, 6.07) is 6.72. The van der Waals surface area contributed by atoms with Crippen LogP contribution in [0.4, 0.5) is 5.69 Å². The highest BCUT2D eigenvalue weighted by atomic mass is 32.1. The zero-order valence-corrected chi connectivity index (χ0v) is 13.1. The molecule has 2 rings (SSSR count). The summed E-state index contributed by atoms with van der Waals surface area (Å²) in [5, 5.41) is 15.3. The number of nitro benzene ring substituents is 1. The molecule has 0 aliphatic heterocycles. The summed E-state index contributed by atoms with van der Waals surface area (Å²) in [7, 11) is 1.87. The molecule has 116 valence electrons. The molecular weight excluding hydrogens is 302 g/mol. The normalized spacial score (nSPS) is 10.8. The number of benzene rings is 1. The maximum atomic E-state index is 11.0. The number of hydrogen-bond donors (Lipinski definition) is 0. The van der Waals surface area contributed by atoms with Crippen LogP contribution in [0.15, 0.2) is 43.2 Å². The third kappa shape index (κ3) is 3.66. The number of rotatable bonds is 7. The van der Waals surface area contributed by atoms with E-state index in [1.54, 1.807) is 39.9 Å². The lowest BCUT2D eigenvalue weighted by molar-refractivity contribution is -0.385. The molecule has 0 N–H and O–H groups in total. The van der Waals surface area contributed by atoms with Gasteiger partial charge in [0.25, 0.3) is 5.69 Å². The van der Waals surface area contributed by atoms with Crippen molar-refractivity contribution in [3.05, 3.63) is 63.7 Å². The van der Waals surface area contributed by atoms with Crippen LogP contribution in [0.5, 0.6) is 0 Å². The van der Waals surface area contributed by atoms with Crippen LogP contribution in [0.25, 0.3) is 0 Å². The van der Waals surface area contributed by atoms with Crippen LogP contribution in [0.1, 0.15) is 5.56 Å². The molecule has 2 aromatic rings. The van der Waals surface area contributed by atoms with Crippen LogP contribution in [0, 0.1) is 14.9 Å². The minimum Gasteiger partial charge on any atom is -0.303 e. The maximum Gasteiger partial charge on any atom is 0.273 e. The Hall–Kier alpha value is -2.32. The lowest BCUT2D eigenvalue weighted by Gasteiger charge is -2.16. The van der Waals surface area contributed by atoms with Gasteiger partial charge in [0, 0.05) is 24.7 Å². The Labute approximate surface area is 133 Å². The molecule has 1 aromatic heterocycles. The van der Waals surface area contributed by atoms with E-state index in [0.717, 1.165) is 0 Å². The van der Waals surface area contributed by atoms with Gasteiger partial charge >= 0.3 is 0 Å². The van der Waals surface area contributed by atoms with Gasteiger partial charge in [0.2, 0.25) is 0 Å². The van der Waals surface area contributed by atoms with Crippen molar-refractivity contribution in [1.82, 2.24) is 19.2 Å². The second-order valence-electron chi connectivity index (χ2n) is 4.90. The van der Waals surface area contributed by atoms with Crippen molar-refractivity contribution in [1.29, 1.82) is 0 Å². The first-order valence-electron chi connectivity index (χ1n) is 6.67. The summed E-state index contributed by atoms with van der Waals surface area (Å²) >= 11 is 5.32. The molecule has 1 aromatic carbocycles. The van der Waals surface area contributed by atoms with E-state index in [2.05, 4.69) is 11.7 Å². The van der Waals surface area contributed by atoms with E-state index in [4.69, 9.17) is 12.2 Å². The van der Waals surface area contributed by atoms with Crippen LogP contribution in [-0.2, 0) is 19.8 Å². The first kappa shape index (κ1) is 16.1. The molecule has 1 heterocycles. The molecule has 0 atom stereocenters. The Balaban J connectivity index is 2.11. The van der Waals surface area contributed by atoms with Crippen molar-refractivity contribution in [3.63, 3.8) is 0 Å². The zero-order valence-electron chi connectivity index (χ0n) is 12.3. The maximum absolute atomic E-state index is 11.0. The molecule has 0 aliphatic rings. The number of hydrogen-bond acceptors (Lipinski definition) is 5. The molecular formula is C14H17N5O2S. The van der Waals surface area contributed by atoms with Gasteiger partial charge in [-0.25, -0.2) is 4.68 Å². The van der Waals surface area contributed by atoms with Crippen molar-refractivity contribution in [2.24, 2.45) is 0 Å². The second kappa shape index (κ2) is 7.10. The third-order valence-electron chi connectivity index (χ3n) is 3.13. The molecule has 8 heteroatoms. The Kier molecular flexibility index (Phi) is 5.18. The smallest absolute Gasteiger partial charge is 0.273 e. The van der Waals surface area contributed by atoms with E-state index < -0.39 is 0 Å². The monoisotopic (exact) mass is 319 g/mol. The summed E-state index contributed by atoms with van der Waals surface area (Å²) in [6.45, 7) is 5.17. The molecule has 0 fully saturated rings. The Morgan fingerprint density at radius 1 is 1.50 bits per heavy atom. The van der Waals surface area contributed by atoms with E-state index >= 15 is 0 Å². The highest BCUT2D eigenvalue weighted by Crippen LogP contribution is 2.19. The van der Waals surface area contributed by atoms with Gasteiger partial charge in [-0.15, -0.1) is 6.58 Å². The van der Waals surface area contributed by atoms with Gasteiger partial charge in [0.1, 0.15) is 6.33 Å². The SMILES string of the molecule is C=CCn1cnn(CN(C)Cc2ccccc2[N+](=O)[O-])c1=S. The summed E-state index contributed by atoms with van der Waals surface area (Å²) in [4.78, 5) is 12.6. The summed E-state index contributed by atoms with van der Waals surface area (Å²) in [5.74, 6) is 0. The number of nitro groups is 1. The van der Waals surface area contributed by atoms with E-state index in [-0.39, 0.29) is 10.6 Å². The fourth-order valence-corrected chi connectivity index (χ4v) is 2.35. The fourth-order valence-electron chi connectivity index (χ4n) is 2.13. The molecule has 0 spiro atoms. The summed E-state index contributed by atoms with van der Waals surface area (Å²) in [5.41, 5.74) is 0.780. The van der Waals surface area contributed by atoms with Crippen LogP contribution >= 0.6 is 12.2 Å². The molecule has 7 nitrogen and oxygen atoms in total. The molecule has 0 radical (unpaired) electrons. The lowest BCUT2D eigenvalue weighted by atomic mass is 10.2. The van der Waals surface area contributed by atoms with E-state index in [1.165, 1.54) is 6.07 Å². The third-order valence-corrected chi connectivity index (χ3v) is 3.57. The largest absolute Gasteiger partial charge is 0.303 e. The summed E-state index contributed by atoms with van der Waals surface area (Å²) in [6.07, 6.45) is 3.40. The molecule has 0 amide bonds. The van der Waals surface area contributed by atoms with Crippen molar-refractivity contribution in [2.75, 3.05) is 7.05 Å². The minimum atomic E-state index is -0.367. The van der Waals surface area contributed by atoms with Crippen LogP contribution in [-0.4, -0.2) is 31.2 Å². The van der Waals surface area contributed by atoms with Gasteiger partial charge < -0.3 is 4.57 Å². The van der Waals surface area contributed by atoms with Crippen LogP contribution in [0.3, 0.4) is 0 Å². The van der Waals surface area contributed by atoms with Crippen molar-refractivity contribution in [2.45, 2.75) is 19.8 Å². The first-order valence-corrected chi connectivity index (χ1v) is 7.07. The van der Waals surface area contributed by atoms with Crippen molar-refractivity contribution >= 4 is 17.9 Å². The predicted molar refractivity (Wildman–Crippen MR) is 85.8 cm³/mol. The van der Waals surface area contributed by atoms with Gasteiger partial charge in [-0.1, -0.05) is 24.3 Å². The standard InChI is InChI=1S/C14H17N5O2S/c1-3-8-17-10-15-18(14(17)22)11-16(2)9-12-6-4-5-7-13(12)19(20)21/h3-7,10H,1,8-9,11H2,2H3. The van der Waals surface area contributed by atoms with Gasteiger partial charge in [-0.3, -0.25) is 15.0 Å². The quantitative estimate of drug-likeness (QED) is 0.339. The van der Waals surface area contributed by atoms with E-state index in [0.29, 0.717) is 30.1 Å². The van der Waals surface area contributed by atoms with Crippen LogP contribution < -0.4 is 0 Å². The zero-order chi connectivity index (χ0) is 16.1. The van der Waals surface area contributed by atoms with E-state index in [9.17, 15) is 10.1 Å². The average Bonchev–Trinajstić information content (AvgIpc) is 2.81. The molecule has 0 saturated heterocycles. The molecule has 22 heavy (non-hydrogen) atoms. The van der Waals surface area contributed by atoms with Crippen LogP contribution in [0.2, 0.25) is 0 Å². The Bertz CT molecular complexity index is 737. The van der Waals surface area contributed by atoms with E-state index in [1.807, 2.05) is 11.9 Å². The second-order valence-corrected chi connectivity index (χ2v) is 5.26.